The lowest BCUT2D eigenvalue weighted by Crippen LogP contribution is -2.23. The van der Waals surface area contributed by atoms with Crippen LogP contribution in [0, 0.1) is 0 Å². The highest BCUT2D eigenvalue weighted by Gasteiger charge is 2.01. The number of carbonyl (C=O) groups is 1. The van der Waals surface area contributed by atoms with E-state index in [0.29, 0.717) is 12.2 Å². The summed E-state index contributed by atoms with van der Waals surface area (Å²) in [5.41, 5.74) is 1.31. The Morgan fingerprint density at radius 3 is 1.80 bits per heavy atom. The number of aryl methyl sites for hydroxylation is 1. The first-order chi connectivity index (χ1) is 14.7. The Balaban J connectivity index is 1.77. The lowest BCUT2D eigenvalue weighted by Gasteiger charge is -2.06. The quantitative estimate of drug-likeness (QED) is 0.213. The normalized spacial score (nSPS) is 11.0. The van der Waals surface area contributed by atoms with Crippen LogP contribution in [0.2, 0.25) is 0 Å². The molecule has 0 heterocycles. The van der Waals surface area contributed by atoms with Gasteiger partial charge in [0.05, 0.1) is 0 Å². The molecule has 0 saturated heterocycles. The predicted molar refractivity (Wildman–Crippen MR) is 129 cm³/mol. The predicted octanol–water partition coefficient (Wildman–Crippen LogP) is 7.70. The average Bonchev–Trinajstić information content (AvgIpc) is 2.75. The summed E-state index contributed by atoms with van der Waals surface area (Å²) in [7, 11) is 0. The molecule has 0 radical (unpaired) electrons. The van der Waals surface area contributed by atoms with E-state index in [0.717, 1.165) is 25.8 Å². The molecule has 1 aromatic carbocycles. The number of phenols is 1. The summed E-state index contributed by atoms with van der Waals surface area (Å²) < 4.78 is 0. The van der Waals surface area contributed by atoms with Crippen molar-refractivity contribution in [2.45, 2.75) is 122 Å². The minimum absolute atomic E-state index is 0.243. The largest absolute Gasteiger partial charge is 0.508 e. The molecule has 3 heteroatoms. The summed E-state index contributed by atoms with van der Waals surface area (Å²) in [6.45, 7) is 3.12. The van der Waals surface area contributed by atoms with Crippen LogP contribution in [0.15, 0.2) is 24.3 Å². The zero-order valence-corrected chi connectivity index (χ0v) is 19.6. The molecule has 0 aliphatic heterocycles. The maximum atomic E-state index is 11.9. The van der Waals surface area contributed by atoms with Gasteiger partial charge in [-0.15, -0.1) is 0 Å². The summed E-state index contributed by atoms with van der Waals surface area (Å²) >= 11 is 0. The maximum Gasteiger partial charge on any atom is 0.219 e. The topological polar surface area (TPSA) is 49.3 Å². The number of rotatable bonds is 20. The lowest BCUT2D eigenvalue weighted by atomic mass is 10.0. The van der Waals surface area contributed by atoms with Crippen molar-refractivity contribution >= 4 is 5.91 Å². The molecule has 3 nitrogen and oxygen atoms in total. The molecular weight excluding hydrogens is 370 g/mol. The minimum atomic E-state index is 0.243. The fourth-order valence-corrected chi connectivity index (χ4v) is 3.91. The fraction of sp³-hybridized carbons (Fsp3) is 0.741. The van der Waals surface area contributed by atoms with E-state index < -0.39 is 0 Å². The summed E-state index contributed by atoms with van der Waals surface area (Å²) in [4.78, 5) is 11.9. The van der Waals surface area contributed by atoms with Crippen molar-refractivity contribution in [3.63, 3.8) is 0 Å². The molecule has 0 atom stereocenters. The molecule has 0 unspecified atom stereocenters. The average molecular weight is 418 g/mol. The number of nitrogens with one attached hydrogen (secondary N) is 1. The summed E-state index contributed by atoms with van der Waals surface area (Å²) in [5.74, 6) is 0.590. The smallest absolute Gasteiger partial charge is 0.219 e. The van der Waals surface area contributed by atoms with Crippen LogP contribution in [0.3, 0.4) is 0 Å². The Morgan fingerprint density at radius 1 is 0.700 bits per heavy atom. The van der Waals surface area contributed by atoms with Crippen molar-refractivity contribution in [1.29, 1.82) is 0 Å². The van der Waals surface area contributed by atoms with Gasteiger partial charge in [0.15, 0.2) is 0 Å². The van der Waals surface area contributed by atoms with E-state index in [4.69, 9.17) is 0 Å². The van der Waals surface area contributed by atoms with Crippen LogP contribution >= 0.6 is 0 Å². The standard InChI is InChI=1S/C27H47NO2/c1-2-3-4-5-6-11-14-17-24-28-27(30)19-16-13-10-8-7-9-12-15-18-25-20-22-26(29)23-21-25/h20-23,29H,2-19,24H2,1H3,(H,28,30). The SMILES string of the molecule is CCCCCCCCCCNC(=O)CCCCCCCCCCc1ccc(O)cc1. The molecular formula is C27H47NO2. The third kappa shape index (κ3) is 16.3. The highest BCUT2D eigenvalue weighted by Crippen LogP contribution is 2.14. The van der Waals surface area contributed by atoms with Gasteiger partial charge in [-0.2, -0.15) is 0 Å². The van der Waals surface area contributed by atoms with Crippen molar-refractivity contribution in [2.24, 2.45) is 0 Å². The molecule has 0 saturated carbocycles. The second-order valence-electron chi connectivity index (χ2n) is 8.82. The summed E-state index contributed by atoms with van der Waals surface area (Å²) in [5, 5.41) is 12.4. The van der Waals surface area contributed by atoms with Gasteiger partial charge in [-0.3, -0.25) is 4.79 Å². The van der Waals surface area contributed by atoms with Crippen LogP contribution in [0.4, 0.5) is 0 Å². The molecule has 0 fully saturated rings. The summed E-state index contributed by atoms with van der Waals surface area (Å²) in [6.07, 6.45) is 22.2. The van der Waals surface area contributed by atoms with Crippen LogP contribution in [-0.2, 0) is 11.2 Å². The zero-order chi connectivity index (χ0) is 21.7. The summed E-state index contributed by atoms with van der Waals surface area (Å²) in [6, 6.07) is 7.57. The molecule has 0 aliphatic carbocycles. The van der Waals surface area contributed by atoms with Crippen LogP contribution < -0.4 is 5.32 Å². The first-order valence-electron chi connectivity index (χ1n) is 12.8. The lowest BCUT2D eigenvalue weighted by molar-refractivity contribution is -0.121. The van der Waals surface area contributed by atoms with Gasteiger partial charge < -0.3 is 10.4 Å². The van der Waals surface area contributed by atoms with Crippen molar-refractivity contribution in [2.75, 3.05) is 6.54 Å². The molecule has 30 heavy (non-hydrogen) atoms. The second kappa shape index (κ2) is 19.5. The van der Waals surface area contributed by atoms with E-state index >= 15 is 0 Å². The van der Waals surface area contributed by atoms with E-state index in [2.05, 4.69) is 12.2 Å². The van der Waals surface area contributed by atoms with Crippen molar-refractivity contribution in [3.8, 4) is 5.75 Å². The highest BCUT2D eigenvalue weighted by molar-refractivity contribution is 5.75. The number of hydrogen-bond acceptors (Lipinski definition) is 2. The van der Waals surface area contributed by atoms with Gasteiger partial charge in [0.25, 0.3) is 0 Å². The van der Waals surface area contributed by atoms with Crippen molar-refractivity contribution < 1.29 is 9.90 Å². The van der Waals surface area contributed by atoms with Crippen molar-refractivity contribution in [3.05, 3.63) is 29.8 Å². The Morgan fingerprint density at radius 2 is 1.20 bits per heavy atom. The van der Waals surface area contributed by atoms with Crippen LogP contribution in [-0.4, -0.2) is 17.6 Å². The van der Waals surface area contributed by atoms with Gasteiger partial charge in [-0.05, 0) is 43.4 Å². The molecule has 1 rings (SSSR count). The van der Waals surface area contributed by atoms with Gasteiger partial charge in [0.2, 0.25) is 5.91 Å². The van der Waals surface area contributed by atoms with Gasteiger partial charge in [-0.25, -0.2) is 0 Å². The minimum Gasteiger partial charge on any atom is -0.508 e. The van der Waals surface area contributed by atoms with Crippen LogP contribution in [0.5, 0.6) is 5.75 Å². The van der Waals surface area contributed by atoms with E-state index in [-0.39, 0.29) is 5.91 Å². The van der Waals surface area contributed by atoms with E-state index in [1.54, 1.807) is 12.1 Å². The molecule has 1 amide bonds. The molecule has 1 aromatic rings. The number of phenolic OH excluding ortho intramolecular Hbond substituents is 1. The number of benzene rings is 1. The molecule has 2 N–H and O–H groups in total. The second-order valence-corrected chi connectivity index (χ2v) is 8.82. The maximum absolute atomic E-state index is 11.9. The Bertz CT molecular complexity index is 512. The fourth-order valence-electron chi connectivity index (χ4n) is 3.91. The number of carbonyl (C=O) groups excluding carboxylic acids is 1. The van der Waals surface area contributed by atoms with Crippen LogP contribution in [0.1, 0.15) is 122 Å². The Hall–Kier alpha value is -1.51. The Kier molecular flexibility index (Phi) is 17.2. The van der Waals surface area contributed by atoms with Crippen molar-refractivity contribution in [1.82, 2.24) is 5.32 Å². The van der Waals surface area contributed by atoms with Gasteiger partial charge >= 0.3 is 0 Å². The monoisotopic (exact) mass is 417 g/mol. The van der Waals surface area contributed by atoms with E-state index in [1.165, 1.54) is 95.5 Å². The first-order valence-corrected chi connectivity index (χ1v) is 12.8. The molecule has 0 bridgehead atoms. The van der Waals surface area contributed by atoms with Gasteiger partial charge in [0, 0.05) is 13.0 Å². The molecule has 0 spiro atoms. The highest BCUT2D eigenvalue weighted by atomic mass is 16.3. The number of amides is 1. The van der Waals surface area contributed by atoms with E-state index in [9.17, 15) is 9.90 Å². The Labute approximate surface area is 186 Å². The molecule has 172 valence electrons. The van der Waals surface area contributed by atoms with Gasteiger partial charge in [-0.1, -0.05) is 103 Å². The molecule has 0 aromatic heterocycles. The van der Waals surface area contributed by atoms with Gasteiger partial charge in [0.1, 0.15) is 5.75 Å². The van der Waals surface area contributed by atoms with E-state index in [1.807, 2.05) is 12.1 Å². The number of hydrogen-bond donors (Lipinski definition) is 2. The number of aromatic hydroxyl groups is 1. The zero-order valence-electron chi connectivity index (χ0n) is 19.6. The third-order valence-corrected chi connectivity index (χ3v) is 5.91. The van der Waals surface area contributed by atoms with Crippen LogP contribution in [0.25, 0.3) is 0 Å². The molecule has 0 aliphatic rings. The third-order valence-electron chi connectivity index (χ3n) is 5.91. The number of unbranched alkanes of at least 4 members (excludes halogenated alkanes) is 14. The first kappa shape index (κ1) is 26.5.